The number of ether oxygens (including phenoxy) is 1. The van der Waals surface area contributed by atoms with Crippen LogP contribution in [0.15, 0.2) is 41.8 Å². The maximum atomic E-state index is 6.05. The predicted molar refractivity (Wildman–Crippen MR) is 79.7 cm³/mol. The van der Waals surface area contributed by atoms with Gasteiger partial charge in [-0.2, -0.15) is 0 Å². The third-order valence-corrected chi connectivity index (χ3v) is 4.36. The fraction of sp³-hybridized carbons (Fsp3) is 0.375. The zero-order valence-electron chi connectivity index (χ0n) is 11.3. The van der Waals surface area contributed by atoms with Crippen LogP contribution < -0.4 is 10.1 Å². The molecule has 0 radical (unpaired) electrons. The van der Waals surface area contributed by atoms with Crippen molar-refractivity contribution in [2.45, 2.75) is 38.5 Å². The van der Waals surface area contributed by atoms with E-state index in [-0.39, 0.29) is 5.60 Å². The number of thiophene rings is 1. The van der Waals surface area contributed by atoms with E-state index in [0.717, 1.165) is 18.7 Å². The molecule has 0 saturated carbocycles. The van der Waals surface area contributed by atoms with Crippen LogP contribution in [0.1, 0.15) is 36.8 Å². The number of benzene rings is 1. The molecule has 1 aromatic carbocycles. The number of hydrogen-bond acceptors (Lipinski definition) is 3. The highest BCUT2D eigenvalue weighted by molar-refractivity contribution is 7.09. The van der Waals surface area contributed by atoms with Crippen molar-refractivity contribution in [1.29, 1.82) is 0 Å². The van der Waals surface area contributed by atoms with Gasteiger partial charge in [0.05, 0.1) is 0 Å². The van der Waals surface area contributed by atoms with Gasteiger partial charge in [0.1, 0.15) is 11.4 Å². The molecule has 0 aliphatic carbocycles. The highest BCUT2D eigenvalue weighted by Crippen LogP contribution is 2.39. The standard InChI is InChI=1S/C16H19NOS/c1-16(2)10-14(17-11-12-6-5-9-19-12)13-7-3-4-8-15(13)18-16/h3-9,14,17H,10-11H2,1-2H3. The van der Waals surface area contributed by atoms with Crippen LogP contribution >= 0.6 is 11.3 Å². The summed E-state index contributed by atoms with van der Waals surface area (Å²) < 4.78 is 6.05. The number of fused-ring (bicyclic) bond motifs is 1. The summed E-state index contributed by atoms with van der Waals surface area (Å²) in [5.41, 5.74) is 1.17. The number of nitrogens with one attached hydrogen (secondary N) is 1. The molecule has 2 aromatic rings. The molecule has 19 heavy (non-hydrogen) atoms. The van der Waals surface area contributed by atoms with Crippen molar-refractivity contribution in [3.8, 4) is 5.75 Å². The molecule has 0 fully saturated rings. The van der Waals surface area contributed by atoms with Gasteiger partial charge >= 0.3 is 0 Å². The third kappa shape index (κ3) is 2.82. The lowest BCUT2D eigenvalue weighted by molar-refractivity contribution is 0.0658. The number of rotatable bonds is 3. The van der Waals surface area contributed by atoms with Gasteiger partial charge in [0.25, 0.3) is 0 Å². The van der Waals surface area contributed by atoms with E-state index in [1.807, 2.05) is 6.07 Å². The van der Waals surface area contributed by atoms with Gasteiger partial charge in [0.15, 0.2) is 0 Å². The van der Waals surface area contributed by atoms with E-state index >= 15 is 0 Å². The van der Waals surface area contributed by atoms with Crippen LogP contribution in [-0.2, 0) is 6.54 Å². The van der Waals surface area contributed by atoms with Crippen molar-refractivity contribution in [3.63, 3.8) is 0 Å². The van der Waals surface area contributed by atoms with Crippen LogP contribution in [-0.4, -0.2) is 5.60 Å². The minimum atomic E-state index is -0.110. The molecule has 0 saturated heterocycles. The van der Waals surface area contributed by atoms with Crippen LogP contribution in [0.3, 0.4) is 0 Å². The van der Waals surface area contributed by atoms with Gasteiger partial charge < -0.3 is 10.1 Å². The van der Waals surface area contributed by atoms with Crippen molar-refractivity contribution in [2.24, 2.45) is 0 Å². The van der Waals surface area contributed by atoms with Gasteiger partial charge in [-0.1, -0.05) is 24.3 Å². The molecular weight excluding hydrogens is 254 g/mol. The molecular formula is C16H19NOS. The zero-order valence-corrected chi connectivity index (χ0v) is 12.2. The second kappa shape index (κ2) is 4.99. The summed E-state index contributed by atoms with van der Waals surface area (Å²) in [6.45, 7) is 5.23. The average Bonchev–Trinajstić information content (AvgIpc) is 2.87. The number of para-hydroxylation sites is 1. The Bertz CT molecular complexity index is 548. The van der Waals surface area contributed by atoms with E-state index in [1.54, 1.807) is 11.3 Å². The summed E-state index contributed by atoms with van der Waals surface area (Å²) >= 11 is 1.80. The fourth-order valence-corrected chi connectivity index (χ4v) is 3.28. The maximum absolute atomic E-state index is 6.05. The van der Waals surface area contributed by atoms with E-state index < -0.39 is 0 Å². The summed E-state index contributed by atoms with van der Waals surface area (Å²) in [6, 6.07) is 13.0. The molecule has 1 aliphatic rings. The second-order valence-electron chi connectivity index (χ2n) is 5.62. The molecule has 1 unspecified atom stereocenters. The average molecular weight is 273 g/mol. The van der Waals surface area contributed by atoms with Gasteiger partial charge in [-0.05, 0) is 31.4 Å². The molecule has 1 atom stereocenters. The van der Waals surface area contributed by atoms with Crippen molar-refractivity contribution < 1.29 is 4.74 Å². The van der Waals surface area contributed by atoms with Crippen LogP contribution in [0.5, 0.6) is 5.75 Å². The summed E-state index contributed by atoms with van der Waals surface area (Å²) in [7, 11) is 0. The lowest BCUT2D eigenvalue weighted by Crippen LogP contribution is -2.39. The Morgan fingerprint density at radius 3 is 2.89 bits per heavy atom. The van der Waals surface area contributed by atoms with E-state index in [2.05, 4.69) is 54.9 Å². The lowest BCUT2D eigenvalue weighted by atomic mass is 9.90. The van der Waals surface area contributed by atoms with Crippen LogP contribution in [0, 0.1) is 0 Å². The van der Waals surface area contributed by atoms with Gasteiger partial charge in [0.2, 0.25) is 0 Å². The topological polar surface area (TPSA) is 21.3 Å². The minimum Gasteiger partial charge on any atom is -0.487 e. The Kier molecular flexibility index (Phi) is 3.33. The van der Waals surface area contributed by atoms with E-state index in [1.165, 1.54) is 10.4 Å². The molecule has 3 rings (SSSR count). The predicted octanol–water partition coefficient (Wildman–Crippen LogP) is 4.14. The molecule has 2 nitrogen and oxygen atoms in total. The monoisotopic (exact) mass is 273 g/mol. The van der Waals surface area contributed by atoms with Crippen molar-refractivity contribution in [2.75, 3.05) is 0 Å². The molecule has 1 aromatic heterocycles. The van der Waals surface area contributed by atoms with Gasteiger partial charge in [-0.25, -0.2) is 0 Å². The molecule has 0 spiro atoms. The normalized spacial score (nSPS) is 20.6. The smallest absolute Gasteiger partial charge is 0.124 e. The molecule has 3 heteroatoms. The zero-order chi connectivity index (χ0) is 13.3. The Labute approximate surface area is 118 Å². The van der Waals surface area contributed by atoms with Gasteiger partial charge in [-0.3, -0.25) is 0 Å². The van der Waals surface area contributed by atoms with Crippen molar-refractivity contribution in [1.82, 2.24) is 5.32 Å². The van der Waals surface area contributed by atoms with E-state index in [4.69, 9.17) is 4.74 Å². The van der Waals surface area contributed by atoms with Crippen molar-refractivity contribution in [3.05, 3.63) is 52.2 Å². The largest absolute Gasteiger partial charge is 0.487 e. The first-order valence-electron chi connectivity index (χ1n) is 6.68. The second-order valence-corrected chi connectivity index (χ2v) is 6.65. The van der Waals surface area contributed by atoms with E-state index in [9.17, 15) is 0 Å². The molecule has 2 heterocycles. The van der Waals surface area contributed by atoms with E-state index in [0.29, 0.717) is 6.04 Å². The summed E-state index contributed by atoms with van der Waals surface area (Å²) in [5.74, 6) is 1.02. The maximum Gasteiger partial charge on any atom is 0.124 e. The molecule has 0 amide bonds. The van der Waals surface area contributed by atoms with Gasteiger partial charge in [-0.15, -0.1) is 11.3 Å². The highest BCUT2D eigenvalue weighted by Gasteiger charge is 2.33. The molecule has 1 N–H and O–H groups in total. The van der Waals surface area contributed by atoms with Gasteiger partial charge in [0, 0.05) is 29.4 Å². The molecule has 0 bridgehead atoms. The summed E-state index contributed by atoms with van der Waals surface area (Å²) in [5, 5.41) is 5.79. The Hall–Kier alpha value is -1.32. The third-order valence-electron chi connectivity index (χ3n) is 3.48. The lowest BCUT2D eigenvalue weighted by Gasteiger charge is -2.38. The SMILES string of the molecule is CC1(C)CC(NCc2cccs2)c2ccccc2O1. The van der Waals surface area contributed by atoms with Crippen LogP contribution in [0.2, 0.25) is 0 Å². The Morgan fingerprint density at radius 2 is 2.11 bits per heavy atom. The van der Waals surface area contributed by atoms with Crippen LogP contribution in [0.4, 0.5) is 0 Å². The summed E-state index contributed by atoms with van der Waals surface area (Å²) in [6.07, 6.45) is 0.995. The highest BCUT2D eigenvalue weighted by atomic mass is 32.1. The first-order chi connectivity index (χ1) is 9.14. The first kappa shape index (κ1) is 12.7. The Balaban J connectivity index is 1.80. The minimum absolute atomic E-state index is 0.110. The summed E-state index contributed by atoms with van der Waals surface area (Å²) in [4.78, 5) is 1.38. The quantitative estimate of drug-likeness (QED) is 0.907. The molecule has 1 aliphatic heterocycles. The molecule has 100 valence electrons. The van der Waals surface area contributed by atoms with Crippen molar-refractivity contribution >= 4 is 11.3 Å². The number of hydrogen-bond donors (Lipinski definition) is 1. The Morgan fingerprint density at radius 1 is 1.26 bits per heavy atom. The van der Waals surface area contributed by atoms with Crippen LogP contribution in [0.25, 0.3) is 0 Å². The first-order valence-corrected chi connectivity index (χ1v) is 7.56. The fourth-order valence-electron chi connectivity index (χ4n) is 2.62.